The lowest BCUT2D eigenvalue weighted by Crippen LogP contribution is -2.37. The van der Waals surface area contributed by atoms with Crippen molar-refractivity contribution in [2.24, 2.45) is 11.8 Å². The largest absolute Gasteiger partial charge is 0.436 e. The summed E-state index contributed by atoms with van der Waals surface area (Å²) in [7, 11) is 0. The molecule has 3 aromatic heterocycles. The molecule has 0 bridgehead atoms. The molecule has 14 heteroatoms. The number of halogens is 5. The number of rotatable bonds is 9. The Balaban J connectivity index is 1.40. The summed E-state index contributed by atoms with van der Waals surface area (Å²) >= 11 is 0. The number of hydrogen-bond donors (Lipinski definition) is 2. The minimum Gasteiger partial charge on any atom is -0.436 e. The molecule has 0 aromatic carbocycles. The fourth-order valence-corrected chi connectivity index (χ4v) is 5.41. The van der Waals surface area contributed by atoms with Gasteiger partial charge in [0.1, 0.15) is 0 Å². The van der Waals surface area contributed by atoms with Gasteiger partial charge in [-0.3, -0.25) is 9.59 Å². The van der Waals surface area contributed by atoms with Gasteiger partial charge in [-0.2, -0.15) is 18.3 Å². The number of aromatic nitrogens is 4. The number of fused-ring (bicyclic) bond motifs is 1. The molecule has 0 spiro atoms. The molecule has 9 nitrogen and oxygen atoms in total. The molecule has 2 atom stereocenters. The van der Waals surface area contributed by atoms with Crippen LogP contribution in [0.3, 0.4) is 0 Å². The van der Waals surface area contributed by atoms with Crippen LogP contribution in [0, 0.1) is 25.7 Å². The summed E-state index contributed by atoms with van der Waals surface area (Å²) in [5.41, 5.74) is 1.81. The van der Waals surface area contributed by atoms with Gasteiger partial charge < -0.3 is 15.1 Å². The van der Waals surface area contributed by atoms with Gasteiger partial charge in [-0.15, -0.1) is 0 Å². The number of oxazole rings is 1. The molecule has 2 fully saturated rings. The Morgan fingerprint density at radius 2 is 1.76 bits per heavy atom. The first-order valence-corrected chi connectivity index (χ1v) is 13.6. The van der Waals surface area contributed by atoms with Crippen LogP contribution in [0.4, 0.5) is 22.0 Å². The Labute approximate surface area is 232 Å². The molecule has 0 saturated heterocycles. The Morgan fingerprint density at radius 1 is 1.07 bits per heavy atom. The minimum atomic E-state index is -4.43. The Kier molecular flexibility index (Phi) is 7.77. The van der Waals surface area contributed by atoms with Crippen LogP contribution in [0.25, 0.3) is 5.65 Å². The molecule has 2 amide bonds. The summed E-state index contributed by atoms with van der Waals surface area (Å²) < 4.78 is 72.6. The molecule has 0 radical (unpaired) electrons. The van der Waals surface area contributed by atoms with Crippen molar-refractivity contribution in [1.29, 1.82) is 0 Å². The van der Waals surface area contributed by atoms with Crippen LogP contribution in [0.5, 0.6) is 0 Å². The van der Waals surface area contributed by atoms with Gasteiger partial charge in [0.15, 0.2) is 11.5 Å². The average molecular weight is 583 g/mol. The van der Waals surface area contributed by atoms with Crippen LogP contribution >= 0.6 is 0 Å². The van der Waals surface area contributed by atoms with Crippen molar-refractivity contribution in [1.82, 2.24) is 30.2 Å². The lowest BCUT2D eigenvalue weighted by atomic mass is 9.81. The quantitative estimate of drug-likeness (QED) is 0.320. The van der Waals surface area contributed by atoms with E-state index in [-0.39, 0.29) is 43.3 Å². The van der Waals surface area contributed by atoms with Gasteiger partial charge in [0, 0.05) is 26.2 Å². The van der Waals surface area contributed by atoms with E-state index in [1.807, 2.05) is 0 Å². The Hall–Kier alpha value is -3.58. The highest BCUT2D eigenvalue weighted by molar-refractivity contribution is 5.92. The third-order valence-electron chi connectivity index (χ3n) is 7.71. The topological polar surface area (TPSA) is 114 Å². The van der Waals surface area contributed by atoms with Crippen molar-refractivity contribution in [3.63, 3.8) is 0 Å². The molecule has 2 aliphatic rings. The number of aryl methyl sites for hydroxylation is 2. The second-order valence-electron chi connectivity index (χ2n) is 11.0. The first-order valence-electron chi connectivity index (χ1n) is 13.6. The van der Waals surface area contributed by atoms with Gasteiger partial charge in [0.2, 0.25) is 17.6 Å². The summed E-state index contributed by atoms with van der Waals surface area (Å²) in [4.78, 5) is 34.2. The SMILES string of the molecule is Cc1nc(C)c(C(=O)N[C@H](c2cn3ncc([C@H](NC(=O)CCC(F)(F)F)C4CC4)cc3n2)C2CCC(F)(F)CC2)o1. The summed E-state index contributed by atoms with van der Waals surface area (Å²) in [5.74, 6) is -3.88. The number of amides is 2. The first-order chi connectivity index (χ1) is 19.3. The van der Waals surface area contributed by atoms with Gasteiger partial charge in [-0.25, -0.2) is 23.3 Å². The van der Waals surface area contributed by atoms with E-state index in [2.05, 4.69) is 25.7 Å². The summed E-state index contributed by atoms with van der Waals surface area (Å²) in [6.45, 7) is 3.25. The molecule has 2 N–H and O–H groups in total. The molecular weight excluding hydrogens is 551 g/mol. The third-order valence-corrected chi connectivity index (χ3v) is 7.71. The Morgan fingerprint density at radius 3 is 2.37 bits per heavy atom. The molecule has 3 aromatic rings. The molecule has 2 saturated carbocycles. The van der Waals surface area contributed by atoms with Gasteiger partial charge in [0.05, 0.1) is 42.3 Å². The van der Waals surface area contributed by atoms with E-state index in [0.29, 0.717) is 28.5 Å². The first kappa shape index (κ1) is 28.9. The van der Waals surface area contributed by atoms with Crippen molar-refractivity contribution >= 4 is 17.5 Å². The molecule has 222 valence electrons. The fourth-order valence-electron chi connectivity index (χ4n) is 5.41. The third kappa shape index (κ3) is 7.02. The maximum absolute atomic E-state index is 14.0. The number of nitrogens with zero attached hydrogens (tertiary/aromatic N) is 4. The molecule has 3 heterocycles. The normalized spacial score (nSPS) is 19.2. The van der Waals surface area contributed by atoms with Gasteiger partial charge in [-0.05, 0) is 56.1 Å². The van der Waals surface area contributed by atoms with Gasteiger partial charge >= 0.3 is 6.18 Å². The fraction of sp³-hybridized carbons (Fsp3) is 0.593. The van der Waals surface area contributed by atoms with Crippen LogP contribution in [0.2, 0.25) is 0 Å². The van der Waals surface area contributed by atoms with Crippen molar-refractivity contribution in [3.05, 3.63) is 47.1 Å². The van der Waals surface area contributed by atoms with Crippen LogP contribution in [-0.2, 0) is 4.79 Å². The van der Waals surface area contributed by atoms with Gasteiger partial charge in [0.25, 0.3) is 5.91 Å². The maximum Gasteiger partial charge on any atom is 0.389 e. The van der Waals surface area contributed by atoms with E-state index in [9.17, 15) is 31.5 Å². The van der Waals surface area contributed by atoms with Crippen molar-refractivity contribution < 1.29 is 36.0 Å². The Bertz CT molecular complexity index is 1420. The number of alkyl halides is 5. The van der Waals surface area contributed by atoms with E-state index < -0.39 is 48.8 Å². The zero-order valence-electron chi connectivity index (χ0n) is 22.6. The van der Waals surface area contributed by atoms with Crippen LogP contribution in [0.1, 0.15) is 96.8 Å². The van der Waals surface area contributed by atoms with E-state index in [4.69, 9.17) is 4.42 Å². The molecule has 41 heavy (non-hydrogen) atoms. The zero-order chi connectivity index (χ0) is 29.5. The second kappa shape index (κ2) is 11.0. The van der Waals surface area contributed by atoms with Crippen molar-refractivity contribution in [2.45, 2.75) is 89.4 Å². The van der Waals surface area contributed by atoms with Crippen molar-refractivity contribution in [2.75, 3.05) is 0 Å². The van der Waals surface area contributed by atoms with Gasteiger partial charge in [-0.1, -0.05) is 0 Å². The molecular formula is C27H31F5N6O3. The number of carbonyl (C=O) groups excluding carboxylic acids is 2. The highest BCUT2D eigenvalue weighted by Crippen LogP contribution is 2.43. The second-order valence-corrected chi connectivity index (χ2v) is 11.0. The van der Waals surface area contributed by atoms with Crippen LogP contribution < -0.4 is 10.6 Å². The monoisotopic (exact) mass is 582 g/mol. The highest BCUT2D eigenvalue weighted by atomic mass is 19.4. The maximum atomic E-state index is 14.0. The van der Waals surface area contributed by atoms with Crippen LogP contribution in [-0.4, -0.2) is 43.5 Å². The molecule has 2 aliphatic carbocycles. The predicted molar refractivity (Wildman–Crippen MR) is 135 cm³/mol. The average Bonchev–Trinajstić information content (AvgIpc) is 3.55. The lowest BCUT2D eigenvalue weighted by molar-refractivity contribution is -0.144. The number of nitrogens with one attached hydrogen (secondary N) is 2. The molecule has 0 unspecified atom stereocenters. The zero-order valence-corrected chi connectivity index (χ0v) is 22.6. The smallest absolute Gasteiger partial charge is 0.389 e. The minimum absolute atomic E-state index is 0.0337. The lowest BCUT2D eigenvalue weighted by Gasteiger charge is -2.33. The molecule has 0 aliphatic heterocycles. The van der Waals surface area contributed by atoms with Crippen LogP contribution in [0.15, 0.2) is 22.9 Å². The van der Waals surface area contributed by atoms with E-state index in [1.54, 1.807) is 26.1 Å². The summed E-state index contributed by atoms with van der Waals surface area (Å²) in [6.07, 6.45) is -1.79. The molecule has 5 rings (SSSR count). The summed E-state index contributed by atoms with van der Waals surface area (Å²) in [5, 5.41) is 10.0. The van der Waals surface area contributed by atoms with E-state index in [1.165, 1.54) is 10.7 Å². The highest BCUT2D eigenvalue weighted by Gasteiger charge is 2.40. The predicted octanol–water partition coefficient (Wildman–Crippen LogP) is 5.54. The standard InChI is InChI=1S/C27H31F5N6O3/c1-14-24(41-15(2)34-14)25(40)37-23(17-5-8-26(28,29)9-6-17)19-13-38-20(35-19)11-18(12-33-38)22(16-3-4-16)36-21(39)7-10-27(30,31)32/h11-13,16-17,22-23H,3-10H2,1-2H3,(H,36,39)(H,37,40)/t22-,23+/m1/s1. The number of carbonyl (C=O) groups is 2. The van der Waals surface area contributed by atoms with E-state index in [0.717, 1.165) is 12.8 Å². The van der Waals surface area contributed by atoms with Crippen molar-refractivity contribution in [3.8, 4) is 0 Å². The summed E-state index contributed by atoms with van der Waals surface area (Å²) in [6, 6.07) is 0.471. The number of imidazole rings is 1. The number of hydrogen-bond acceptors (Lipinski definition) is 6. The van der Waals surface area contributed by atoms with E-state index >= 15 is 0 Å².